The van der Waals surface area contributed by atoms with Crippen LogP contribution in [0.5, 0.6) is 0 Å². The topological polar surface area (TPSA) is 37.8 Å². The SMILES string of the molecule is Cl.Fc1ccc2c(Nc3ccccc3)ncnc2c1. The summed E-state index contributed by atoms with van der Waals surface area (Å²) in [5.41, 5.74) is 1.52. The van der Waals surface area contributed by atoms with Crippen molar-refractivity contribution in [1.82, 2.24) is 9.97 Å². The lowest BCUT2D eigenvalue weighted by Crippen LogP contribution is -1.95. The van der Waals surface area contributed by atoms with Crippen LogP contribution in [0.1, 0.15) is 0 Å². The Labute approximate surface area is 115 Å². The lowest BCUT2D eigenvalue weighted by molar-refractivity contribution is 0.629. The second kappa shape index (κ2) is 5.63. The molecule has 19 heavy (non-hydrogen) atoms. The number of anilines is 2. The quantitative estimate of drug-likeness (QED) is 0.770. The van der Waals surface area contributed by atoms with Gasteiger partial charge in [0.2, 0.25) is 0 Å². The predicted molar refractivity (Wildman–Crippen MR) is 76.5 cm³/mol. The van der Waals surface area contributed by atoms with E-state index in [1.54, 1.807) is 6.07 Å². The van der Waals surface area contributed by atoms with Crippen molar-refractivity contribution in [1.29, 1.82) is 0 Å². The first-order valence-electron chi connectivity index (χ1n) is 5.55. The Bertz CT molecular complexity index is 689. The summed E-state index contributed by atoms with van der Waals surface area (Å²) < 4.78 is 13.1. The van der Waals surface area contributed by atoms with E-state index in [-0.39, 0.29) is 18.2 Å². The maximum atomic E-state index is 13.1. The highest BCUT2D eigenvalue weighted by Crippen LogP contribution is 2.23. The van der Waals surface area contributed by atoms with Gasteiger partial charge in [-0.1, -0.05) is 18.2 Å². The van der Waals surface area contributed by atoms with E-state index < -0.39 is 0 Å². The van der Waals surface area contributed by atoms with Gasteiger partial charge in [-0.15, -0.1) is 12.4 Å². The normalized spacial score (nSPS) is 9.95. The summed E-state index contributed by atoms with van der Waals surface area (Å²) in [6.45, 7) is 0. The molecular weight excluding hydrogens is 265 g/mol. The van der Waals surface area contributed by atoms with Gasteiger partial charge in [0.1, 0.15) is 18.0 Å². The molecule has 96 valence electrons. The minimum absolute atomic E-state index is 0. The average molecular weight is 276 g/mol. The first-order valence-corrected chi connectivity index (χ1v) is 5.55. The summed E-state index contributed by atoms with van der Waals surface area (Å²) in [4.78, 5) is 8.24. The minimum atomic E-state index is -0.299. The van der Waals surface area contributed by atoms with E-state index in [2.05, 4.69) is 15.3 Å². The van der Waals surface area contributed by atoms with Gasteiger partial charge < -0.3 is 5.32 Å². The molecule has 1 N–H and O–H groups in total. The molecule has 3 nitrogen and oxygen atoms in total. The fourth-order valence-corrected chi connectivity index (χ4v) is 1.79. The zero-order valence-corrected chi connectivity index (χ0v) is 10.7. The van der Waals surface area contributed by atoms with Gasteiger partial charge >= 0.3 is 0 Å². The van der Waals surface area contributed by atoms with E-state index >= 15 is 0 Å². The molecule has 3 aromatic rings. The van der Waals surface area contributed by atoms with E-state index in [0.29, 0.717) is 11.3 Å². The monoisotopic (exact) mass is 275 g/mol. The number of hydrogen-bond acceptors (Lipinski definition) is 3. The highest BCUT2D eigenvalue weighted by atomic mass is 35.5. The first kappa shape index (κ1) is 13.2. The van der Waals surface area contributed by atoms with E-state index in [9.17, 15) is 4.39 Å². The van der Waals surface area contributed by atoms with Crippen molar-refractivity contribution in [2.75, 3.05) is 5.32 Å². The van der Waals surface area contributed by atoms with Crippen LogP contribution in [0.4, 0.5) is 15.9 Å². The number of hydrogen-bond donors (Lipinski definition) is 1. The summed E-state index contributed by atoms with van der Waals surface area (Å²) in [7, 11) is 0. The van der Waals surface area contributed by atoms with Crippen LogP contribution in [0, 0.1) is 5.82 Å². The summed E-state index contributed by atoms with van der Waals surface area (Å²) in [6.07, 6.45) is 1.42. The van der Waals surface area contributed by atoms with Gasteiger partial charge in [-0.3, -0.25) is 0 Å². The molecule has 0 fully saturated rings. The van der Waals surface area contributed by atoms with Crippen LogP contribution in [0.15, 0.2) is 54.9 Å². The third kappa shape index (κ3) is 2.80. The van der Waals surface area contributed by atoms with Crippen molar-refractivity contribution in [2.45, 2.75) is 0 Å². The first-order chi connectivity index (χ1) is 8.83. The molecule has 0 bridgehead atoms. The zero-order chi connectivity index (χ0) is 12.4. The van der Waals surface area contributed by atoms with E-state index in [1.165, 1.54) is 18.5 Å². The summed E-state index contributed by atoms with van der Waals surface area (Å²) >= 11 is 0. The molecule has 0 aliphatic heterocycles. The fourth-order valence-electron chi connectivity index (χ4n) is 1.79. The third-order valence-corrected chi connectivity index (χ3v) is 2.64. The fraction of sp³-hybridized carbons (Fsp3) is 0. The Kier molecular flexibility index (Phi) is 3.92. The van der Waals surface area contributed by atoms with Crippen molar-refractivity contribution in [2.24, 2.45) is 0 Å². The van der Waals surface area contributed by atoms with Gasteiger partial charge in [0.15, 0.2) is 0 Å². The smallest absolute Gasteiger partial charge is 0.141 e. The Morgan fingerprint density at radius 2 is 1.74 bits per heavy atom. The number of benzene rings is 2. The second-order valence-corrected chi connectivity index (χ2v) is 3.87. The average Bonchev–Trinajstić information content (AvgIpc) is 2.40. The number of fused-ring (bicyclic) bond motifs is 1. The highest BCUT2D eigenvalue weighted by Gasteiger charge is 2.04. The second-order valence-electron chi connectivity index (χ2n) is 3.87. The Balaban J connectivity index is 0.00000133. The van der Waals surface area contributed by atoms with Crippen LogP contribution >= 0.6 is 12.4 Å². The molecule has 1 aromatic heterocycles. The molecule has 0 unspecified atom stereocenters. The number of para-hydroxylation sites is 1. The summed E-state index contributed by atoms with van der Waals surface area (Å²) in [6, 6.07) is 14.2. The lowest BCUT2D eigenvalue weighted by atomic mass is 10.2. The Hall–Kier alpha value is -2.20. The van der Waals surface area contributed by atoms with Crippen LogP contribution in [-0.4, -0.2) is 9.97 Å². The number of nitrogens with one attached hydrogen (secondary N) is 1. The van der Waals surface area contributed by atoms with Crippen LogP contribution in [-0.2, 0) is 0 Å². The number of nitrogens with zero attached hydrogens (tertiary/aromatic N) is 2. The number of aromatic nitrogens is 2. The number of halogens is 2. The molecule has 0 aliphatic carbocycles. The highest BCUT2D eigenvalue weighted by molar-refractivity contribution is 5.90. The molecule has 5 heteroatoms. The predicted octanol–water partition coefficient (Wildman–Crippen LogP) is 3.93. The van der Waals surface area contributed by atoms with Gasteiger partial charge in [-0.2, -0.15) is 0 Å². The van der Waals surface area contributed by atoms with E-state index in [4.69, 9.17) is 0 Å². The van der Waals surface area contributed by atoms with Gasteiger partial charge in [-0.25, -0.2) is 14.4 Å². The van der Waals surface area contributed by atoms with Crippen LogP contribution in [0.2, 0.25) is 0 Å². The van der Waals surface area contributed by atoms with Gasteiger partial charge in [0, 0.05) is 17.1 Å². The molecule has 2 aromatic carbocycles. The summed E-state index contributed by atoms with van der Waals surface area (Å²) in [5.74, 6) is 0.373. The summed E-state index contributed by atoms with van der Waals surface area (Å²) in [5, 5.41) is 3.99. The molecule has 0 saturated carbocycles. The molecule has 0 aliphatic rings. The van der Waals surface area contributed by atoms with Crippen LogP contribution in [0.3, 0.4) is 0 Å². The van der Waals surface area contributed by atoms with Crippen molar-refractivity contribution in [3.8, 4) is 0 Å². The van der Waals surface area contributed by atoms with Crippen LogP contribution < -0.4 is 5.32 Å². The molecule has 0 radical (unpaired) electrons. The van der Waals surface area contributed by atoms with Crippen LogP contribution in [0.25, 0.3) is 10.9 Å². The van der Waals surface area contributed by atoms with Gasteiger partial charge in [-0.05, 0) is 24.3 Å². The molecule has 0 saturated heterocycles. The standard InChI is InChI=1S/C14H10FN3.ClH/c15-10-6-7-12-13(8-10)16-9-17-14(12)18-11-4-2-1-3-5-11;/h1-9H,(H,16,17,18);1H. The Morgan fingerprint density at radius 3 is 2.53 bits per heavy atom. The van der Waals surface area contributed by atoms with E-state index in [1.807, 2.05) is 30.3 Å². The molecule has 1 heterocycles. The molecular formula is C14H11ClFN3. The third-order valence-electron chi connectivity index (χ3n) is 2.64. The zero-order valence-electron chi connectivity index (χ0n) is 9.88. The van der Waals surface area contributed by atoms with Crippen molar-refractivity contribution < 1.29 is 4.39 Å². The number of rotatable bonds is 2. The molecule has 0 amide bonds. The van der Waals surface area contributed by atoms with E-state index in [0.717, 1.165) is 11.1 Å². The van der Waals surface area contributed by atoms with Gasteiger partial charge in [0.05, 0.1) is 5.52 Å². The maximum Gasteiger partial charge on any atom is 0.141 e. The largest absolute Gasteiger partial charge is 0.340 e. The minimum Gasteiger partial charge on any atom is -0.340 e. The molecule has 0 spiro atoms. The van der Waals surface area contributed by atoms with Crippen molar-refractivity contribution in [3.63, 3.8) is 0 Å². The van der Waals surface area contributed by atoms with Crippen molar-refractivity contribution in [3.05, 3.63) is 60.7 Å². The maximum absolute atomic E-state index is 13.1. The lowest BCUT2D eigenvalue weighted by Gasteiger charge is -2.07. The molecule has 0 atom stereocenters. The van der Waals surface area contributed by atoms with Gasteiger partial charge in [0.25, 0.3) is 0 Å². The molecule has 3 rings (SSSR count). The Morgan fingerprint density at radius 1 is 0.947 bits per heavy atom. The van der Waals surface area contributed by atoms with Crippen molar-refractivity contribution >= 4 is 34.8 Å².